The van der Waals surface area contributed by atoms with Crippen LogP contribution in [0.15, 0.2) is 12.2 Å². The maximum Gasteiger partial charge on any atom is 0.317 e. The summed E-state index contributed by atoms with van der Waals surface area (Å²) in [7, 11) is 0. The van der Waals surface area contributed by atoms with Crippen LogP contribution in [0.5, 0.6) is 0 Å². The lowest BCUT2D eigenvalue weighted by atomic mass is 9.67. The molecule has 0 amide bonds. The van der Waals surface area contributed by atoms with Crippen LogP contribution in [0.3, 0.4) is 0 Å². The molecule has 0 aromatic carbocycles. The number of hydrogen-bond acceptors (Lipinski definition) is 0. The van der Waals surface area contributed by atoms with Gasteiger partial charge < -0.3 is 0 Å². The summed E-state index contributed by atoms with van der Waals surface area (Å²) >= 11 is 0. The molecule has 1 rings (SSSR count). The Kier molecular flexibility index (Phi) is 1.97. The van der Waals surface area contributed by atoms with Crippen LogP contribution in [0.4, 0.5) is 17.6 Å². The third-order valence-electron chi connectivity index (χ3n) is 2.37. The Morgan fingerprint density at radius 2 is 1.58 bits per heavy atom. The van der Waals surface area contributed by atoms with E-state index in [-0.39, 0.29) is 0 Å². The van der Waals surface area contributed by atoms with Gasteiger partial charge in [0.25, 0.3) is 0 Å². The van der Waals surface area contributed by atoms with Crippen LogP contribution in [0.25, 0.3) is 0 Å². The maximum atomic E-state index is 12.6. The van der Waals surface area contributed by atoms with Crippen LogP contribution in [0.2, 0.25) is 0 Å². The average Bonchev–Trinajstić information content (AvgIpc) is 1.98. The van der Waals surface area contributed by atoms with E-state index in [2.05, 4.69) is 0 Å². The van der Waals surface area contributed by atoms with E-state index in [9.17, 15) is 17.6 Å². The molecule has 0 bridgehead atoms. The Labute approximate surface area is 68.3 Å². The molecule has 70 valence electrons. The van der Waals surface area contributed by atoms with Gasteiger partial charge in [0.1, 0.15) is 0 Å². The van der Waals surface area contributed by atoms with Gasteiger partial charge in [0.15, 0.2) is 0 Å². The van der Waals surface area contributed by atoms with Gasteiger partial charge >= 0.3 is 11.8 Å². The summed E-state index contributed by atoms with van der Waals surface area (Å²) in [6.45, 7) is 2.68. The van der Waals surface area contributed by atoms with Crippen molar-refractivity contribution in [2.45, 2.75) is 25.7 Å². The zero-order valence-electron chi connectivity index (χ0n) is 6.82. The molecule has 0 radical (unpaired) electrons. The van der Waals surface area contributed by atoms with Gasteiger partial charge in [-0.15, -0.1) is 0 Å². The summed E-state index contributed by atoms with van der Waals surface area (Å²) in [4.78, 5) is 0. The molecule has 2 unspecified atom stereocenters. The van der Waals surface area contributed by atoms with Crippen LogP contribution in [0.1, 0.15) is 13.8 Å². The minimum atomic E-state index is -3.86. The second kappa shape index (κ2) is 2.47. The summed E-state index contributed by atoms with van der Waals surface area (Å²) < 4.78 is 50.2. The first-order chi connectivity index (χ1) is 5.35. The van der Waals surface area contributed by atoms with Crippen molar-refractivity contribution in [1.82, 2.24) is 0 Å². The van der Waals surface area contributed by atoms with Gasteiger partial charge in [-0.2, -0.15) is 17.6 Å². The van der Waals surface area contributed by atoms with Crippen molar-refractivity contribution < 1.29 is 17.6 Å². The summed E-state index contributed by atoms with van der Waals surface area (Å²) in [6, 6.07) is 0. The van der Waals surface area contributed by atoms with Gasteiger partial charge in [-0.1, -0.05) is 19.1 Å². The molecule has 1 aliphatic rings. The Hall–Kier alpha value is -0.540. The van der Waals surface area contributed by atoms with Gasteiger partial charge in [0.2, 0.25) is 0 Å². The summed E-state index contributed by atoms with van der Waals surface area (Å²) in [5, 5.41) is 0. The van der Waals surface area contributed by atoms with Crippen LogP contribution in [0, 0.1) is 11.8 Å². The van der Waals surface area contributed by atoms with Crippen molar-refractivity contribution in [3.63, 3.8) is 0 Å². The Bertz CT molecular complexity index is 207. The van der Waals surface area contributed by atoms with Crippen molar-refractivity contribution in [3.05, 3.63) is 12.2 Å². The van der Waals surface area contributed by atoms with E-state index < -0.39 is 23.7 Å². The number of rotatable bonds is 1. The smallest absolute Gasteiger partial charge is 0.200 e. The van der Waals surface area contributed by atoms with Crippen LogP contribution in [-0.2, 0) is 0 Å². The largest absolute Gasteiger partial charge is 0.317 e. The van der Waals surface area contributed by atoms with Crippen molar-refractivity contribution in [2.75, 3.05) is 0 Å². The minimum Gasteiger partial charge on any atom is -0.200 e. The third-order valence-corrected chi connectivity index (χ3v) is 2.37. The van der Waals surface area contributed by atoms with Crippen molar-refractivity contribution >= 4 is 0 Å². The molecule has 0 saturated heterocycles. The highest BCUT2D eigenvalue weighted by Gasteiger charge is 2.75. The maximum absolute atomic E-state index is 12.6. The molecule has 1 aliphatic carbocycles. The molecular formula is C8H10F4. The van der Waals surface area contributed by atoms with E-state index in [1.165, 1.54) is 6.08 Å². The Balaban J connectivity index is 2.84. The number of allylic oxidation sites excluding steroid dienone is 2. The monoisotopic (exact) mass is 182 g/mol. The topological polar surface area (TPSA) is 0 Å². The molecule has 0 aliphatic heterocycles. The lowest BCUT2D eigenvalue weighted by molar-refractivity contribution is -0.336. The first-order valence-corrected chi connectivity index (χ1v) is 3.74. The van der Waals surface area contributed by atoms with Crippen molar-refractivity contribution in [3.8, 4) is 0 Å². The molecule has 12 heavy (non-hydrogen) atoms. The predicted octanol–water partition coefficient (Wildman–Crippen LogP) is 3.10. The molecule has 0 N–H and O–H groups in total. The molecule has 4 heteroatoms. The van der Waals surface area contributed by atoms with E-state index in [1.807, 2.05) is 0 Å². The van der Waals surface area contributed by atoms with Gasteiger partial charge in [-0.25, -0.2) is 0 Å². The highest BCUT2D eigenvalue weighted by molar-refractivity contribution is 5.15. The van der Waals surface area contributed by atoms with Gasteiger partial charge in [-0.3, -0.25) is 0 Å². The highest BCUT2D eigenvalue weighted by Crippen LogP contribution is 2.59. The van der Waals surface area contributed by atoms with Gasteiger partial charge in [0.05, 0.1) is 5.92 Å². The fourth-order valence-electron chi connectivity index (χ4n) is 1.46. The zero-order chi connectivity index (χ0) is 9.57. The number of hydrogen-bond donors (Lipinski definition) is 0. The fourth-order valence-corrected chi connectivity index (χ4v) is 1.46. The summed E-state index contributed by atoms with van der Waals surface area (Å²) in [5.74, 6) is -10.3. The minimum absolute atomic E-state index is 1.14. The number of alkyl halides is 4. The predicted molar refractivity (Wildman–Crippen MR) is 37.4 cm³/mol. The zero-order valence-corrected chi connectivity index (χ0v) is 6.82. The highest BCUT2D eigenvalue weighted by atomic mass is 19.3. The average molecular weight is 182 g/mol. The van der Waals surface area contributed by atoms with E-state index >= 15 is 0 Å². The van der Waals surface area contributed by atoms with Crippen LogP contribution >= 0.6 is 0 Å². The quantitative estimate of drug-likeness (QED) is 0.431. The van der Waals surface area contributed by atoms with Gasteiger partial charge in [0, 0.05) is 5.92 Å². The van der Waals surface area contributed by atoms with Gasteiger partial charge in [-0.05, 0) is 6.92 Å². The molecular weight excluding hydrogens is 172 g/mol. The second-order valence-corrected chi connectivity index (χ2v) is 3.09. The molecule has 0 heterocycles. The normalized spacial score (nSPS) is 38.2. The van der Waals surface area contributed by atoms with Crippen LogP contribution in [-0.4, -0.2) is 11.8 Å². The molecule has 0 nitrogen and oxygen atoms in total. The molecule has 0 aromatic heterocycles. The summed E-state index contributed by atoms with van der Waals surface area (Å²) in [5.41, 5.74) is 0. The first kappa shape index (κ1) is 9.55. The molecule has 0 aromatic rings. The van der Waals surface area contributed by atoms with Crippen molar-refractivity contribution in [2.24, 2.45) is 11.8 Å². The molecule has 0 spiro atoms. The second-order valence-electron chi connectivity index (χ2n) is 3.09. The Morgan fingerprint density at radius 3 is 1.92 bits per heavy atom. The lowest BCUT2D eigenvalue weighted by Crippen LogP contribution is -2.64. The Morgan fingerprint density at radius 1 is 1.08 bits per heavy atom. The SMILES string of the molecule is C/C=C\C1C(C)C(F)(F)C1(F)F. The lowest BCUT2D eigenvalue weighted by Gasteiger charge is -2.48. The van der Waals surface area contributed by atoms with Crippen LogP contribution < -0.4 is 0 Å². The molecule has 1 saturated carbocycles. The van der Waals surface area contributed by atoms with Crippen molar-refractivity contribution in [1.29, 1.82) is 0 Å². The molecule has 2 atom stereocenters. The molecule has 1 fully saturated rings. The summed E-state index contributed by atoms with van der Waals surface area (Å²) in [6.07, 6.45) is 2.52. The third kappa shape index (κ3) is 0.898. The number of halogens is 4. The van der Waals surface area contributed by atoms with E-state index in [0.29, 0.717) is 0 Å². The first-order valence-electron chi connectivity index (χ1n) is 3.74. The fraction of sp³-hybridized carbons (Fsp3) is 0.750. The van der Waals surface area contributed by atoms with E-state index in [4.69, 9.17) is 0 Å². The van der Waals surface area contributed by atoms with E-state index in [1.54, 1.807) is 6.92 Å². The standard InChI is InChI=1S/C8H10F4/c1-3-4-6-5(2)7(9,10)8(6,11)12/h3-6H,1-2H3/b4-3-. The van der Waals surface area contributed by atoms with E-state index in [0.717, 1.165) is 13.0 Å².